The number of thiophene rings is 1. The van der Waals surface area contributed by atoms with Gasteiger partial charge in [0.25, 0.3) is 5.69 Å². The van der Waals surface area contributed by atoms with Crippen LogP contribution in [0, 0.1) is 17.0 Å². The number of likely N-dealkylation sites (N-methyl/N-ethyl adjacent to an activating group) is 1. The van der Waals surface area contributed by atoms with Crippen molar-refractivity contribution in [2.75, 3.05) is 18.9 Å². The maximum Gasteiger partial charge on any atom is 0.269 e. The molecule has 0 aliphatic rings. The van der Waals surface area contributed by atoms with Crippen LogP contribution in [0.5, 0.6) is 0 Å². The van der Waals surface area contributed by atoms with Crippen LogP contribution in [0.1, 0.15) is 10.4 Å². The first-order chi connectivity index (χ1) is 10.8. The summed E-state index contributed by atoms with van der Waals surface area (Å²) >= 11 is 5.05. The van der Waals surface area contributed by atoms with Gasteiger partial charge >= 0.3 is 0 Å². The second kappa shape index (κ2) is 7.67. The third kappa shape index (κ3) is 5.12. The van der Waals surface area contributed by atoms with Gasteiger partial charge < -0.3 is 5.32 Å². The molecule has 0 saturated carbocycles. The molecule has 2 aromatic rings. The number of carbonyl (C=O) groups excluding carboxylic acids is 1. The molecule has 0 fully saturated rings. The average molecular weight is 398 g/mol. The highest BCUT2D eigenvalue weighted by Gasteiger charge is 2.12. The highest BCUT2D eigenvalue weighted by Crippen LogP contribution is 2.23. The molecule has 122 valence electrons. The number of benzene rings is 1. The Kier molecular flexibility index (Phi) is 5.86. The fraction of sp³-hybridized carbons (Fsp3) is 0.267. The van der Waals surface area contributed by atoms with Crippen LogP contribution in [0.3, 0.4) is 0 Å². The number of nitrogens with zero attached hydrogens (tertiary/aromatic N) is 2. The minimum absolute atomic E-state index is 0.0147. The normalized spacial score (nSPS) is 10.8. The minimum atomic E-state index is -0.453. The minimum Gasteiger partial charge on any atom is -0.325 e. The van der Waals surface area contributed by atoms with Crippen LogP contribution in [-0.4, -0.2) is 29.3 Å². The monoisotopic (exact) mass is 397 g/mol. The Morgan fingerprint density at radius 2 is 2.13 bits per heavy atom. The van der Waals surface area contributed by atoms with Crippen molar-refractivity contribution >= 4 is 44.5 Å². The molecule has 23 heavy (non-hydrogen) atoms. The number of halogens is 1. The van der Waals surface area contributed by atoms with Crippen LogP contribution in [0.15, 0.2) is 34.1 Å². The summed E-state index contributed by atoms with van der Waals surface area (Å²) in [6, 6.07) is 8.39. The van der Waals surface area contributed by atoms with E-state index in [0.717, 1.165) is 3.79 Å². The second-order valence-electron chi connectivity index (χ2n) is 5.18. The van der Waals surface area contributed by atoms with Crippen LogP contribution in [0.4, 0.5) is 11.4 Å². The van der Waals surface area contributed by atoms with Crippen molar-refractivity contribution in [2.24, 2.45) is 0 Å². The Labute approximate surface area is 146 Å². The van der Waals surface area contributed by atoms with E-state index in [1.165, 1.54) is 17.0 Å². The Bertz CT molecular complexity index is 733. The van der Waals surface area contributed by atoms with E-state index >= 15 is 0 Å². The molecule has 6 nitrogen and oxygen atoms in total. The molecule has 1 amide bonds. The molecule has 1 heterocycles. The van der Waals surface area contributed by atoms with Gasteiger partial charge in [0, 0.05) is 29.2 Å². The molecule has 0 aliphatic heterocycles. The smallest absolute Gasteiger partial charge is 0.269 e. The molecule has 0 saturated heterocycles. The lowest BCUT2D eigenvalue weighted by Gasteiger charge is -2.16. The molecule has 1 aromatic carbocycles. The van der Waals surface area contributed by atoms with Gasteiger partial charge in [0.1, 0.15) is 0 Å². The molecule has 8 heteroatoms. The van der Waals surface area contributed by atoms with Crippen molar-refractivity contribution in [1.29, 1.82) is 0 Å². The van der Waals surface area contributed by atoms with Gasteiger partial charge in [-0.05, 0) is 53.7 Å². The number of non-ortho nitro benzene ring substituents is 1. The summed E-state index contributed by atoms with van der Waals surface area (Å²) in [6.07, 6.45) is 0. The molecule has 0 aliphatic carbocycles. The van der Waals surface area contributed by atoms with E-state index in [-0.39, 0.29) is 18.1 Å². The summed E-state index contributed by atoms with van der Waals surface area (Å²) in [7, 11) is 1.87. The topological polar surface area (TPSA) is 75.5 Å². The number of anilines is 1. The third-order valence-electron chi connectivity index (χ3n) is 3.16. The van der Waals surface area contributed by atoms with Gasteiger partial charge in [0.05, 0.1) is 15.3 Å². The summed E-state index contributed by atoms with van der Waals surface area (Å²) < 4.78 is 1.06. The van der Waals surface area contributed by atoms with Gasteiger partial charge in [0.15, 0.2) is 0 Å². The van der Waals surface area contributed by atoms with Crippen LogP contribution < -0.4 is 5.32 Å². The highest BCUT2D eigenvalue weighted by atomic mass is 79.9. The van der Waals surface area contributed by atoms with E-state index in [0.29, 0.717) is 17.8 Å². The van der Waals surface area contributed by atoms with Gasteiger partial charge in [0.2, 0.25) is 5.91 Å². The molecular weight excluding hydrogens is 382 g/mol. The summed E-state index contributed by atoms with van der Waals surface area (Å²) in [6.45, 7) is 2.66. The molecule has 0 bridgehead atoms. The van der Waals surface area contributed by atoms with E-state index in [2.05, 4.69) is 21.2 Å². The lowest BCUT2D eigenvalue weighted by atomic mass is 10.2. The number of amides is 1. The van der Waals surface area contributed by atoms with Crippen LogP contribution >= 0.6 is 27.3 Å². The van der Waals surface area contributed by atoms with Gasteiger partial charge in [-0.1, -0.05) is 0 Å². The highest BCUT2D eigenvalue weighted by molar-refractivity contribution is 9.11. The van der Waals surface area contributed by atoms with Crippen molar-refractivity contribution in [3.05, 3.63) is 54.7 Å². The largest absolute Gasteiger partial charge is 0.325 e. The molecule has 0 radical (unpaired) electrons. The number of nitrogens with one attached hydrogen (secondary N) is 1. The Morgan fingerprint density at radius 1 is 1.39 bits per heavy atom. The maximum absolute atomic E-state index is 12.1. The van der Waals surface area contributed by atoms with Crippen LogP contribution in [-0.2, 0) is 11.3 Å². The first-order valence-corrected chi connectivity index (χ1v) is 8.44. The zero-order valence-electron chi connectivity index (χ0n) is 12.7. The Morgan fingerprint density at radius 3 is 2.70 bits per heavy atom. The van der Waals surface area contributed by atoms with Gasteiger partial charge in [-0.15, -0.1) is 11.3 Å². The number of carbonyl (C=O) groups is 1. The second-order valence-corrected chi connectivity index (χ2v) is 7.73. The van der Waals surface area contributed by atoms with E-state index in [1.54, 1.807) is 24.3 Å². The van der Waals surface area contributed by atoms with Crippen LogP contribution in [0.25, 0.3) is 0 Å². The maximum atomic E-state index is 12.1. The van der Waals surface area contributed by atoms with E-state index in [1.807, 2.05) is 24.1 Å². The number of hydrogen-bond donors (Lipinski definition) is 1. The molecule has 1 aromatic heterocycles. The molecule has 0 unspecified atom stereocenters. The zero-order chi connectivity index (χ0) is 17.0. The first-order valence-electron chi connectivity index (χ1n) is 6.83. The van der Waals surface area contributed by atoms with E-state index < -0.39 is 4.92 Å². The van der Waals surface area contributed by atoms with E-state index in [4.69, 9.17) is 0 Å². The predicted molar refractivity (Wildman–Crippen MR) is 94.8 cm³/mol. The Hall–Kier alpha value is -1.77. The van der Waals surface area contributed by atoms with Gasteiger partial charge in [-0.2, -0.15) is 0 Å². The van der Waals surface area contributed by atoms with Crippen molar-refractivity contribution in [2.45, 2.75) is 13.5 Å². The van der Waals surface area contributed by atoms with Crippen molar-refractivity contribution in [1.82, 2.24) is 4.90 Å². The first kappa shape index (κ1) is 17.6. The number of nitro benzene ring substituents is 1. The van der Waals surface area contributed by atoms with Gasteiger partial charge in [-0.25, -0.2) is 0 Å². The average Bonchev–Trinajstić information content (AvgIpc) is 2.85. The van der Waals surface area contributed by atoms with Crippen molar-refractivity contribution < 1.29 is 9.72 Å². The van der Waals surface area contributed by atoms with Crippen molar-refractivity contribution in [3.63, 3.8) is 0 Å². The summed E-state index contributed by atoms with van der Waals surface area (Å²) in [4.78, 5) is 25.4. The molecule has 1 N–H and O–H groups in total. The molecule has 0 spiro atoms. The quantitative estimate of drug-likeness (QED) is 0.593. The number of nitro groups is 1. The fourth-order valence-electron chi connectivity index (χ4n) is 2.10. The SMILES string of the molecule is Cc1cc([N+](=O)[O-])ccc1NC(=O)CN(C)Cc1ccc(Br)s1. The number of aryl methyl sites for hydroxylation is 1. The standard InChI is InChI=1S/C15H16BrN3O3S/c1-10-7-11(19(21)22)3-5-13(10)17-15(20)9-18(2)8-12-4-6-14(16)23-12/h3-7H,8-9H2,1-2H3,(H,17,20). The lowest BCUT2D eigenvalue weighted by Crippen LogP contribution is -2.29. The summed E-state index contributed by atoms with van der Waals surface area (Å²) in [5, 5.41) is 13.5. The number of hydrogen-bond acceptors (Lipinski definition) is 5. The molecule has 0 atom stereocenters. The van der Waals surface area contributed by atoms with E-state index in [9.17, 15) is 14.9 Å². The molecule has 2 rings (SSSR count). The predicted octanol–water partition coefficient (Wildman–Crippen LogP) is 3.80. The fourth-order valence-corrected chi connectivity index (χ4v) is 3.66. The third-order valence-corrected chi connectivity index (χ3v) is 4.77. The molecular formula is C15H16BrN3O3S. The summed E-state index contributed by atoms with van der Waals surface area (Å²) in [5.74, 6) is -0.153. The lowest BCUT2D eigenvalue weighted by molar-refractivity contribution is -0.384. The van der Waals surface area contributed by atoms with Gasteiger partial charge in [-0.3, -0.25) is 19.8 Å². The Balaban J connectivity index is 1.92. The number of rotatable bonds is 6. The van der Waals surface area contributed by atoms with Crippen LogP contribution in [0.2, 0.25) is 0 Å². The van der Waals surface area contributed by atoms with Crippen molar-refractivity contribution in [3.8, 4) is 0 Å². The zero-order valence-corrected chi connectivity index (χ0v) is 15.1. The summed E-state index contributed by atoms with van der Waals surface area (Å²) in [5.41, 5.74) is 1.27.